The van der Waals surface area contributed by atoms with Crippen LogP contribution in [0.5, 0.6) is 5.75 Å². The molecule has 0 aliphatic rings. The first-order chi connectivity index (χ1) is 9.67. The molecule has 0 bridgehead atoms. The van der Waals surface area contributed by atoms with Gasteiger partial charge in [0.25, 0.3) is 0 Å². The zero-order valence-electron chi connectivity index (χ0n) is 12.2. The van der Waals surface area contributed by atoms with Crippen molar-refractivity contribution in [2.24, 2.45) is 5.73 Å². The molecule has 1 unspecified atom stereocenters. The van der Waals surface area contributed by atoms with Crippen molar-refractivity contribution in [2.75, 3.05) is 0 Å². The fraction of sp³-hybridized carbons (Fsp3) is 0.353. The lowest BCUT2D eigenvalue weighted by Crippen LogP contribution is -2.21. The van der Waals surface area contributed by atoms with E-state index in [0.717, 1.165) is 29.7 Å². The van der Waals surface area contributed by atoms with E-state index in [0.29, 0.717) is 6.61 Å². The smallest absolute Gasteiger partial charge is 0.120 e. The molecular formula is C17H22N2O. The standard InChI is InChI=1S/C17H22N2O/c1-3-16(18)8-14-5-4-6-17(9-14)20-12-15-7-13(2)10-19-11-15/h4-7,9-11,16H,3,8,12,18H2,1-2H3. The Morgan fingerprint density at radius 3 is 2.80 bits per heavy atom. The van der Waals surface area contributed by atoms with Crippen LogP contribution in [0.4, 0.5) is 0 Å². The zero-order valence-corrected chi connectivity index (χ0v) is 12.2. The van der Waals surface area contributed by atoms with Gasteiger partial charge in [0.1, 0.15) is 12.4 Å². The quantitative estimate of drug-likeness (QED) is 0.876. The molecule has 3 heteroatoms. The highest BCUT2D eigenvalue weighted by atomic mass is 16.5. The van der Waals surface area contributed by atoms with Gasteiger partial charge >= 0.3 is 0 Å². The van der Waals surface area contributed by atoms with E-state index in [9.17, 15) is 0 Å². The highest BCUT2D eigenvalue weighted by molar-refractivity contribution is 5.29. The highest BCUT2D eigenvalue weighted by Gasteiger charge is 2.03. The van der Waals surface area contributed by atoms with E-state index in [1.54, 1.807) is 0 Å². The van der Waals surface area contributed by atoms with Gasteiger partial charge in [0.15, 0.2) is 0 Å². The summed E-state index contributed by atoms with van der Waals surface area (Å²) in [4.78, 5) is 4.17. The van der Waals surface area contributed by atoms with Crippen LogP contribution in [-0.4, -0.2) is 11.0 Å². The van der Waals surface area contributed by atoms with E-state index in [4.69, 9.17) is 10.5 Å². The predicted octanol–water partition coefficient (Wildman–Crippen LogP) is 3.25. The van der Waals surface area contributed by atoms with Gasteiger partial charge in [0.2, 0.25) is 0 Å². The largest absolute Gasteiger partial charge is 0.489 e. The summed E-state index contributed by atoms with van der Waals surface area (Å²) >= 11 is 0. The summed E-state index contributed by atoms with van der Waals surface area (Å²) in [5.74, 6) is 0.882. The van der Waals surface area contributed by atoms with Crippen molar-refractivity contribution in [2.45, 2.75) is 39.3 Å². The molecule has 2 N–H and O–H groups in total. The molecule has 3 nitrogen and oxygen atoms in total. The van der Waals surface area contributed by atoms with Crippen LogP contribution in [0.3, 0.4) is 0 Å². The molecule has 1 atom stereocenters. The van der Waals surface area contributed by atoms with Crippen molar-refractivity contribution < 1.29 is 4.74 Å². The number of aryl methyl sites for hydroxylation is 1. The van der Waals surface area contributed by atoms with Gasteiger partial charge in [-0.25, -0.2) is 0 Å². The SMILES string of the molecule is CCC(N)Cc1cccc(OCc2cncc(C)c2)c1. The number of benzene rings is 1. The highest BCUT2D eigenvalue weighted by Crippen LogP contribution is 2.16. The van der Waals surface area contributed by atoms with Crippen LogP contribution in [-0.2, 0) is 13.0 Å². The summed E-state index contributed by atoms with van der Waals surface area (Å²) in [5, 5.41) is 0. The molecule has 0 amide bonds. The molecule has 0 aliphatic heterocycles. The molecular weight excluding hydrogens is 248 g/mol. The Morgan fingerprint density at radius 1 is 1.20 bits per heavy atom. The summed E-state index contributed by atoms with van der Waals surface area (Å²) < 4.78 is 5.82. The van der Waals surface area contributed by atoms with E-state index in [1.807, 2.05) is 31.5 Å². The minimum atomic E-state index is 0.214. The Hall–Kier alpha value is -1.87. The maximum Gasteiger partial charge on any atom is 0.120 e. The summed E-state index contributed by atoms with van der Waals surface area (Å²) in [6, 6.07) is 10.5. The normalized spacial score (nSPS) is 12.2. The average Bonchev–Trinajstić information content (AvgIpc) is 2.45. The van der Waals surface area contributed by atoms with Crippen molar-refractivity contribution in [1.29, 1.82) is 0 Å². The minimum Gasteiger partial charge on any atom is -0.489 e. The van der Waals surface area contributed by atoms with Gasteiger partial charge in [0.05, 0.1) is 0 Å². The maximum atomic E-state index is 5.99. The van der Waals surface area contributed by atoms with E-state index in [1.165, 1.54) is 5.56 Å². The van der Waals surface area contributed by atoms with Crippen LogP contribution < -0.4 is 10.5 Å². The third-order valence-corrected chi connectivity index (χ3v) is 3.26. The van der Waals surface area contributed by atoms with Crippen molar-refractivity contribution in [3.05, 3.63) is 59.4 Å². The summed E-state index contributed by atoms with van der Waals surface area (Å²) in [7, 11) is 0. The number of hydrogen-bond donors (Lipinski definition) is 1. The molecule has 0 radical (unpaired) electrons. The van der Waals surface area contributed by atoms with Crippen molar-refractivity contribution in [3.8, 4) is 5.75 Å². The molecule has 0 fully saturated rings. The molecule has 0 saturated carbocycles. The van der Waals surface area contributed by atoms with Gasteiger partial charge in [-0.1, -0.05) is 19.1 Å². The van der Waals surface area contributed by atoms with Crippen molar-refractivity contribution in [1.82, 2.24) is 4.98 Å². The lowest BCUT2D eigenvalue weighted by atomic mass is 10.0. The summed E-state index contributed by atoms with van der Waals surface area (Å²) in [5.41, 5.74) is 9.44. The first-order valence-electron chi connectivity index (χ1n) is 7.05. The third-order valence-electron chi connectivity index (χ3n) is 3.26. The first kappa shape index (κ1) is 14.5. The lowest BCUT2D eigenvalue weighted by molar-refractivity contribution is 0.305. The van der Waals surface area contributed by atoms with Gasteiger partial charge < -0.3 is 10.5 Å². The Bertz CT molecular complexity index is 554. The van der Waals surface area contributed by atoms with Gasteiger partial charge in [-0.3, -0.25) is 4.98 Å². The number of ether oxygens (including phenoxy) is 1. The summed E-state index contributed by atoms with van der Waals surface area (Å²) in [6.45, 7) is 4.68. The molecule has 0 spiro atoms. The van der Waals surface area contributed by atoms with Crippen LogP contribution in [0.2, 0.25) is 0 Å². The van der Waals surface area contributed by atoms with Crippen LogP contribution in [0.1, 0.15) is 30.0 Å². The minimum absolute atomic E-state index is 0.214. The average molecular weight is 270 g/mol. The van der Waals surface area contributed by atoms with Crippen molar-refractivity contribution >= 4 is 0 Å². The van der Waals surface area contributed by atoms with Crippen LogP contribution in [0.25, 0.3) is 0 Å². The molecule has 1 heterocycles. The van der Waals surface area contributed by atoms with Gasteiger partial charge in [-0.15, -0.1) is 0 Å². The molecule has 2 aromatic rings. The topological polar surface area (TPSA) is 48.1 Å². The monoisotopic (exact) mass is 270 g/mol. The molecule has 1 aromatic heterocycles. The Balaban J connectivity index is 1.97. The van der Waals surface area contributed by atoms with E-state index in [-0.39, 0.29) is 6.04 Å². The Labute approximate surface area is 120 Å². The molecule has 106 valence electrons. The maximum absolute atomic E-state index is 5.99. The molecule has 0 aliphatic carbocycles. The van der Waals surface area contributed by atoms with Crippen LogP contribution in [0, 0.1) is 6.92 Å². The number of hydrogen-bond acceptors (Lipinski definition) is 3. The number of rotatable bonds is 6. The zero-order chi connectivity index (χ0) is 14.4. The fourth-order valence-corrected chi connectivity index (χ4v) is 2.07. The van der Waals surface area contributed by atoms with Gasteiger partial charge in [-0.05, 0) is 49.1 Å². The van der Waals surface area contributed by atoms with E-state index < -0.39 is 0 Å². The fourth-order valence-electron chi connectivity index (χ4n) is 2.07. The second kappa shape index (κ2) is 7.06. The van der Waals surface area contributed by atoms with Crippen molar-refractivity contribution in [3.63, 3.8) is 0 Å². The predicted molar refractivity (Wildman–Crippen MR) is 81.7 cm³/mol. The number of nitrogens with zero attached hydrogens (tertiary/aromatic N) is 1. The number of pyridine rings is 1. The number of aromatic nitrogens is 1. The lowest BCUT2D eigenvalue weighted by Gasteiger charge is -2.11. The van der Waals surface area contributed by atoms with Gasteiger partial charge in [-0.2, -0.15) is 0 Å². The summed E-state index contributed by atoms with van der Waals surface area (Å²) in [6.07, 6.45) is 5.56. The Morgan fingerprint density at radius 2 is 2.05 bits per heavy atom. The van der Waals surface area contributed by atoms with E-state index >= 15 is 0 Å². The number of nitrogens with two attached hydrogens (primary N) is 1. The van der Waals surface area contributed by atoms with Gasteiger partial charge in [0, 0.05) is 24.0 Å². The van der Waals surface area contributed by atoms with Crippen LogP contribution in [0.15, 0.2) is 42.7 Å². The molecule has 0 saturated heterocycles. The second-order valence-electron chi connectivity index (χ2n) is 5.18. The molecule has 2 rings (SSSR count). The Kier molecular flexibility index (Phi) is 5.13. The first-order valence-corrected chi connectivity index (χ1v) is 7.05. The second-order valence-corrected chi connectivity index (χ2v) is 5.18. The molecule has 20 heavy (non-hydrogen) atoms. The van der Waals surface area contributed by atoms with Crippen LogP contribution >= 0.6 is 0 Å². The molecule has 1 aromatic carbocycles. The van der Waals surface area contributed by atoms with E-state index in [2.05, 4.69) is 30.1 Å². The third kappa shape index (κ3) is 4.35.